The van der Waals surface area contributed by atoms with E-state index in [0.29, 0.717) is 0 Å². The van der Waals surface area contributed by atoms with E-state index < -0.39 is 10.0 Å². The molecule has 0 saturated heterocycles. The molecule has 65 valence electrons. The van der Waals surface area contributed by atoms with Crippen LogP contribution in [0, 0.1) is 6.92 Å². The second-order valence-corrected chi connectivity index (χ2v) is 3.98. The summed E-state index contributed by atoms with van der Waals surface area (Å²) in [5.41, 5.74) is 0. The van der Waals surface area contributed by atoms with Crippen LogP contribution in [-0.4, -0.2) is 15.0 Å². The molecule has 0 aliphatic heterocycles. The van der Waals surface area contributed by atoms with Gasteiger partial charge in [0, 0.05) is 6.54 Å². The Bertz CT molecular complexity index is 331. The van der Waals surface area contributed by atoms with E-state index in [1.165, 1.54) is 12.1 Å². The second-order valence-electron chi connectivity index (χ2n) is 2.21. The fourth-order valence-corrected chi connectivity index (χ4v) is 1.77. The van der Waals surface area contributed by atoms with Crippen LogP contribution in [0.25, 0.3) is 0 Å². The molecule has 0 aromatic heterocycles. The predicted octanol–water partition coefficient (Wildman–Crippen LogP) is 0.799. The Kier molecular flexibility index (Phi) is 2.83. The lowest BCUT2D eigenvalue weighted by atomic mass is 10.4. The maximum Gasteiger partial charge on any atom is 0.240 e. The van der Waals surface area contributed by atoms with Gasteiger partial charge in [-0.3, -0.25) is 0 Å². The van der Waals surface area contributed by atoms with Gasteiger partial charge in [0.05, 0.1) is 4.90 Å². The Morgan fingerprint density at radius 3 is 2.33 bits per heavy atom. The van der Waals surface area contributed by atoms with Crippen LogP contribution >= 0.6 is 0 Å². The predicted molar refractivity (Wildman–Crippen MR) is 47.0 cm³/mol. The summed E-state index contributed by atoms with van der Waals surface area (Å²) in [6, 6.07) is 8.20. The molecule has 0 fully saturated rings. The zero-order chi connectivity index (χ0) is 9.03. The first-order chi connectivity index (χ1) is 5.67. The number of benzene rings is 1. The Morgan fingerprint density at radius 2 is 1.83 bits per heavy atom. The number of hydrogen-bond acceptors (Lipinski definition) is 2. The van der Waals surface area contributed by atoms with E-state index in [1.807, 2.05) is 0 Å². The van der Waals surface area contributed by atoms with E-state index >= 15 is 0 Å². The van der Waals surface area contributed by atoms with Gasteiger partial charge in [-0.2, -0.15) is 0 Å². The molecule has 12 heavy (non-hydrogen) atoms. The van der Waals surface area contributed by atoms with Gasteiger partial charge in [0.2, 0.25) is 10.0 Å². The summed E-state index contributed by atoms with van der Waals surface area (Å²) in [4.78, 5) is 0.272. The van der Waals surface area contributed by atoms with Crippen LogP contribution in [0.3, 0.4) is 0 Å². The highest BCUT2D eigenvalue weighted by atomic mass is 32.2. The molecule has 0 spiro atoms. The summed E-state index contributed by atoms with van der Waals surface area (Å²) in [5.74, 6) is 0. The van der Waals surface area contributed by atoms with Crippen molar-refractivity contribution in [1.29, 1.82) is 0 Å². The van der Waals surface area contributed by atoms with Crippen LogP contribution in [-0.2, 0) is 10.0 Å². The summed E-state index contributed by atoms with van der Waals surface area (Å²) in [5, 5.41) is 0. The van der Waals surface area contributed by atoms with Crippen LogP contribution in [0.4, 0.5) is 0 Å². The molecule has 1 aromatic rings. The topological polar surface area (TPSA) is 46.2 Å². The van der Waals surface area contributed by atoms with E-state index in [2.05, 4.69) is 11.6 Å². The zero-order valence-electron chi connectivity index (χ0n) is 6.53. The van der Waals surface area contributed by atoms with Crippen molar-refractivity contribution in [3.05, 3.63) is 37.3 Å². The Hall–Kier alpha value is -0.870. The minimum atomic E-state index is -3.32. The molecule has 1 N–H and O–H groups in total. The molecular weight excluding hydrogens is 174 g/mol. The SMILES string of the molecule is [CH2]CNS(=O)(=O)c1ccccc1. The van der Waals surface area contributed by atoms with Gasteiger partial charge in [0.1, 0.15) is 0 Å². The lowest BCUT2D eigenvalue weighted by molar-refractivity contribution is 0.585. The highest BCUT2D eigenvalue weighted by Crippen LogP contribution is 2.05. The summed E-state index contributed by atoms with van der Waals surface area (Å²) < 4.78 is 24.9. The van der Waals surface area contributed by atoms with Crippen molar-refractivity contribution in [3.63, 3.8) is 0 Å². The van der Waals surface area contributed by atoms with Crippen molar-refractivity contribution in [1.82, 2.24) is 4.72 Å². The van der Waals surface area contributed by atoms with Crippen LogP contribution < -0.4 is 4.72 Å². The van der Waals surface area contributed by atoms with Crippen LogP contribution in [0.2, 0.25) is 0 Å². The standard InChI is InChI=1S/C8H10NO2S/c1-2-9-12(10,11)8-6-4-3-5-7-8/h3-7,9H,1-2H2. The van der Waals surface area contributed by atoms with E-state index in [9.17, 15) is 8.42 Å². The Balaban J connectivity index is 2.99. The van der Waals surface area contributed by atoms with E-state index in [0.717, 1.165) is 0 Å². The zero-order valence-corrected chi connectivity index (χ0v) is 7.34. The quantitative estimate of drug-likeness (QED) is 0.755. The minimum Gasteiger partial charge on any atom is -0.211 e. The molecule has 0 unspecified atom stereocenters. The molecule has 0 atom stereocenters. The molecule has 1 aromatic carbocycles. The van der Waals surface area contributed by atoms with Gasteiger partial charge in [0.25, 0.3) is 0 Å². The lowest BCUT2D eigenvalue weighted by Crippen LogP contribution is -2.23. The molecule has 0 aliphatic rings. The average molecular weight is 184 g/mol. The van der Waals surface area contributed by atoms with Gasteiger partial charge in [0.15, 0.2) is 0 Å². The molecular formula is C8H10NO2S. The Morgan fingerprint density at radius 1 is 1.25 bits per heavy atom. The monoisotopic (exact) mass is 184 g/mol. The first-order valence-electron chi connectivity index (χ1n) is 3.51. The average Bonchev–Trinajstić information content (AvgIpc) is 2.06. The fourth-order valence-electron chi connectivity index (χ4n) is 0.817. The first-order valence-corrected chi connectivity index (χ1v) is 4.99. The number of sulfonamides is 1. The third-order valence-electron chi connectivity index (χ3n) is 1.35. The summed E-state index contributed by atoms with van der Waals surface area (Å²) >= 11 is 0. The molecule has 0 heterocycles. The van der Waals surface area contributed by atoms with E-state index in [4.69, 9.17) is 0 Å². The number of nitrogens with one attached hydrogen (secondary N) is 1. The largest absolute Gasteiger partial charge is 0.240 e. The molecule has 3 nitrogen and oxygen atoms in total. The fraction of sp³-hybridized carbons (Fsp3) is 0.125. The van der Waals surface area contributed by atoms with Gasteiger partial charge in [-0.1, -0.05) is 18.2 Å². The Labute approximate surface area is 72.5 Å². The van der Waals surface area contributed by atoms with Gasteiger partial charge in [-0.05, 0) is 19.1 Å². The number of rotatable bonds is 3. The third kappa shape index (κ3) is 2.06. The van der Waals surface area contributed by atoms with E-state index in [-0.39, 0.29) is 11.4 Å². The molecule has 1 radical (unpaired) electrons. The second kappa shape index (κ2) is 3.69. The van der Waals surface area contributed by atoms with Gasteiger partial charge >= 0.3 is 0 Å². The van der Waals surface area contributed by atoms with Gasteiger partial charge in [-0.25, -0.2) is 13.1 Å². The van der Waals surface area contributed by atoms with Crippen molar-refractivity contribution in [2.24, 2.45) is 0 Å². The van der Waals surface area contributed by atoms with E-state index in [1.54, 1.807) is 18.2 Å². The molecule has 1 rings (SSSR count). The van der Waals surface area contributed by atoms with Gasteiger partial charge < -0.3 is 0 Å². The van der Waals surface area contributed by atoms with Gasteiger partial charge in [-0.15, -0.1) is 0 Å². The highest BCUT2D eigenvalue weighted by Gasteiger charge is 2.10. The molecule has 0 bridgehead atoms. The van der Waals surface area contributed by atoms with Crippen LogP contribution in [0.15, 0.2) is 35.2 Å². The molecule has 0 amide bonds. The van der Waals surface area contributed by atoms with Crippen molar-refractivity contribution < 1.29 is 8.42 Å². The molecule has 0 aliphatic carbocycles. The van der Waals surface area contributed by atoms with Crippen LogP contribution in [0.5, 0.6) is 0 Å². The highest BCUT2D eigenvalue weighted by molar-refractivity contribution is 7.89. The minimum absolute atomic E-state index is 0.164. The summed E-state index contributed by atoms with van der Waals surface area (Å²) in [6.07, 6.45) is 0. The van der Waals surface area contributed by atoms with Crippen molar-refractivity contribution >= 4 is 10.0 Å². The van der Waals surface area contributed by atoms with Crippen molar-refractivity contribution in [2.45, 2.75) is 4.90 Å². The first kappa shape index (κ1) is 9.22. The normalized spacial score (nSPS) is 11.4. The maximum absolute atomic E-state index is 11.3. The molecule has 4 heteroatoms. The smallest absolute Gasteiger partial charge is 0.211 e. The van der Waals surface area contributed by atoms with Crippen LogP contribution in [0.1, 0.15) is 0 Å². The molecule has 0 saturated carbocycles. The third-order valence-corrected chi connectivity index (χ3v) is 2.82. The maximum atomic E-state index is 11.3. The summed E-state index contributed by atoms with van der Waals surface area (Å²) in [7, 11) is -3.32. The number of hydrogen-bond donors (Lipinski definition) is 1. The summed E-state index contributed by atoms with van der Waals surface area (Å²) in [6.45, 7) is 3.57. The van der Waals surface area contributed by atoms with Crippen molar-refractivity contribution in [2.75, 3.05) is 6.54 Å². The van der Waals surface area contributed by atoms with Crippen molar-refractivity contribution in [3.8, 4) is 0 Å². The lowest BCUT2D eigenvalue weighted by Gasteiger charge is -2.02.